The summed E-state index contributed by atoms with van der Waals surface area (Å²) in [7, 11) is 0. The number of aryl methyl sites for hydroxylation is 1. The average Bonchev–Trinajstić information content (AvgIpc) is 3.16. The predicted octanol–water partition coefficient (Wildman–Crippen LogP) is 3.19. The molecule has 2 heterocycles. The van der Waals surface area contributed by atoms with Crippen molar-refractivity contribution in [3.63, 3.8) is 0 Å². The molecule has 2 N–H and O–H groups in total. The lowest BCUT2D eigenvalue weighted by Gasteiger charge is -2.31. The zero-order valence-corrected chi connectivity index (χ0v) is 15.0. The summed E-state index contributed by atoms with van der Waals surface area (Å²) in [6.45, 7) is 0.414. The van der Waals surface area contributed by atoms with Gasteiger partial charge >= 0.3 is 6.03 Å². The molecule has 1 aliphatic carbocycles. The van der Waals surface area contributed by atoms with Crippen LogP contribution in [0.4, 0.5) is 4.79 Å². The molecule has 1 saturated heterocycles. The van der Waals surface area contributed by atoms with Crippen molar-refractivity contribution >= 4 is 22.8 Å². The first kappa shape index (κ1) is 16.1. The van der Waals surface area contributed by atoms with Gasteiger partial charge in [-0.2, -0.15) is 0 Å². The Hall–Kier alpha value is -3.08. The topological polar surface area (TPSA) is 65.2 Å². The van der Waals surface area contributed by atoms with Crippen LogP contribution in [0.1, 0.15) is 23.2 Å². The molecule has 3 aromatic rings. The molecule has 1 atom stereocenters. The number of aromatic nitrogens is 1. The van der Waals surface area contributed by atoms with E-state index >= 15 is 0 Å². The molecule has 27 heavy (non-hydrogen) atoms. The van der Waals surface area contributed by atoms with Crippen molar-refractivity contribution in [2.45, 2.75) is 31.2 Å². The van der Waals surface area contributed by atoms with E-state index in [1.807, 2.05) is 42.5 Å². The highest BCUT2D eigenvalue weighted by Crippen LogP contribution is 2.37. The van der Waals surface area contributed by atoms with Gasteiger partial charge in [-0.15, -0.1) is 0 Å². The Morgan fingerprint density at radius 1 is 1.00 bits per heavy atom. The van der Waals surface area contributed by atoms with Crippen molar-refractivity contribution in [3.8, 4) is 0 Å². The average molecular weight is 359 g/mol. The van der Waals surface area contributed by atoms with Crippen LogP contribution in [0.15, 0.2) is 54.6 Å². The molecule has 5 heteroatoms. The molecule has 136 valence electrons. The SMILES string of the molecule is O=C1NC2(CCc3[nH]c4ccccc4c3C2)C(=O)N1CCc1ccccc1. The third-order valence-electron chi connectivity index (χ3n) is 5.90. The number of fused-ring (bicyclic) bond motifs is 3. The number of aromatic amines is 1. The number of nitrogens with one attached hydrogen (secondary N) is 2. The lowest BCUT2D eigenvalue weighted by molar-refractivity contribution is -0.131. The molecule has 1 aromatic heterocycles. The van der Waals surface area contributed by atoms with Crippen molar-refractivity contribution in [2.75, 3.05) is 6.54 Å². The molecule has 5 rings (SSSR count). The van der Waals surface area contributed by atoms with E-state index in [0.717, 1.165) is 28.5 Å². The molecule has 0 bridgehead atoms. The van der Waals surface area contributed by atoms with Crippen LogP contribution in [0.3, 0.4) is 0 Å². The van der Waals surface area contributed by atoms with Crippen LogP contribution in [0.25, 0.3) is 10.9 Å². The Kier molecular flexibility index (Phi) is 3.57. The monoisotopic (exact) mass is 359 g/mol. The summed E-state index contributed by atoms with van der Waals surface area (Å²) in [5, 5.41) is 4.17. The number of para-hydroxylation sites is 1. The Balaban J connectivity index is 1.41. The number of nitrogens with zero attached hydrogens (tertiary/aromatic N) is 1. The van der Waals surface area contributed by atoms with Gasteiger partial charge in [-0.05, 0) is 36.5 Å². The highest BCUT2D eigenvalue weighted by Gasteiger charge is 2.52. The normalized spacial score (nSPS) is 21.7. The van der Waals surface area contributed by atoms with Gasteiger partial charge < -0.3 is 10.3 Å². The zero-order valence-electron chi connectivity index (χ0n) is 15.0. The van der Waals surface area contributed by atoms with E-state index in [-0.39, 0.29) is 11.9 Å². The largest absolute Gasteiger partial charge is 0.358 e. The molecule has 1 aliphatic heterocycles. The van der Waals surface area contributed by atoms with Crippen molar-refractivity contribution in [3.05, 3.63) is 71.4 Å². The lowest BCUT2D eigenvalue weighted by Crippen LogP contribution is -2.51. The van der Waals surface area contributed by atoms with Crippen LogP contribution in [-0.2, 0) is 24.1 Å². The zero-order chi connectivity index (χ0) is 18.4. The molecule has 0 radical (unpaired) electrons. The second-order valence-corrected chi connectivity index (χ2v) is 7.51. The number of rotatable bonds is 3. The fourth-order valence-electron chi connectivity index (χ4n) is 4.45. The summed E-state index contributed by atoms with van der Waals surface area (Å²) in [6, 6.07) is 17.9. The number of imide groups is 1. The highest BCUT2D eigenvalue weighted by atomic mass is 16.2. The quantitative estimate of drug-likeness (QED) is 0.706. The predicted molar refractivity (Wildman–Crippen MR) is 103 cm³/mol. The van der Waals surface area contributed by atoms with E-state index in [2.05, 4.69) is 22.4 Å². The van der Waals surface area contributed by atoms with Crippen LogP contribution in [0, 0.1) is 0 Å². The molecule has 1 fully saturated rings. The minimum atomic E-state index is -0.800. The number of amides is 3. The fraction of sp³-hybridized carbons (Fsp3) is 0.273. The second kappa shape index (κ2) is 5.98. The number of urea groups is 1. The van der Waals surface area contributed by atoms with Gasteiger partial charge in [-0.3, -0.25) is 9.69 Å². The molecular formula is C22H21N3O2. The summed E-state index contributed by atoms with van der Waals surface area (Å²) in [5.41, 5.74) is 3.77. The minimum absolute atomic E-state index is 0.0839. The fourth-order valence-corrected chi connectivity index (χ4v) is 4.45. The number of carbonyl (C=O) groups excluding carboxylic acids is 2. The number of hydrogen-bond acceptors (Lipinski definition) is 2. The van der Waals surface area contributed by atoms with E-state index < -0.39 is 5.54 Å². The molecule has 1 unspecified atom stereocenters. The van der Waals surface area contributed by atoms with Crippen LogP contribution >= 0.6 is 0 Å². The summed E-state index contributed by atoms with van der Waals surface area (Å²) in [6.07, 6.45) is 2.63. The molecule has 1 spiro atoms. The van der Waals surface area contributed by atoms with E-state index in [9.17, 15) is 9.59 Å². The van der Waals surface area contributed by atoms with Crippen LogP contribution in [-0.4, -0.2) is 33.9 Å². The van der Waals surface area contributed by atoms with Crippen molar-refractivity contribution in [1.29, 1.82) is 0 Å². The standard InChI is InChI=1S/C22H21N3O2/c26-20-22(24-21(27)25(20)13-11-15-6-2-1-3-7-15)12-10-19-17(14-22)16-8-4-5-9-18(16)23-19/h1-9,23H,10-14H2,(H,24,27). The molecule has 3 amide bonds. The van der Waals surface area contributed by atoms with Gasteiger partial charge in [0.2, 0.25) is 0 Å². The van der Waals surface area contributed by atoms with Gasteiger partial charge in [-0.1, -0.05) is 48.5 Å². The third-order valence-corrected chi connectivity index (χ3v) is 5.90. The summed E-state index contributed by atoms with van der Waals surface area (Å²) >= 11 is 0. The van der Waals surface area contributed by atoms with Crippen molar-refractivity contribution in [2.24, 2.45) is 0 Å². The smallest absolute Gasteiger partial charge is 0.325 e. The number of carbonyl (C=O) groups is 2. The molecule has 0 saturated carbocycles. The summed E-state index contributed by atoms with van der Waals surface area (Å²) in [5.74, 6) is -0.0839. The summed E-state index contributed by atoms with van der Waals surface area (Å²) < 4.78 is 0. The van der Waals surface area contributed by atoms with Gasteiger partial charge in [0, 0.05) is 29.6 Å². The van der Waals surface area contributed by atoms with Crippen LogP contribution in [0.5, 0.6) is 0 Å². The first-order chi connectivity index (χ1) is 13.2. The Morgan fingerprint density at radius 3 is 2.63 bits per heavy atom. The number of H-pyrrole nitrogens is 1. The highest BCUT2D eigenvalue weighted by molar-refractivity contribution is 6.07. The first-order valence-electron chi connectivity index (χ1n) is 9.43. The Labute approximate surface area is 157 Å². The van der Waals surface area contributed by atoms with E-state index in [4.69, 9.17) is 0 Å². The van der Waals surface area contributed by atoms with Gasteiger partial charge in [0.1, 0.15) is 5.54 Å². The number of benzene rings is 2. The van der Waals surface area contributed by atoms with Gasteiger partial charge in [0.25, 0.3) is 5.91 Å². The van der Waals surface area contributed by atoms with Gasteiger partial charge in [0.15, 0.2) is 0 Å². The van der Waals surface area contributed by atoms with Crippen LogP contribution < -0.4 is 5.32 Å². The van der Waals surface area contributed by atoms with Crippen LogP contribution in [0.2, 0.25) is 0 Å². The van der Waals surface area contributed by atoms with E-state index in [1.54, 1.807) is 0 Å². The number of hydrogen-bond donors (Lipinski definition) is 2. The molecular weight excluding hydrogens is 338 g/mol. The van der Waals surface area contributed by atoms with Gasteiger partial charge in [0.05, 0.1) is 0 Å². The summed E-state index contributed by atoms with van der Waals surface area (Å²) in [4.78, 5) is 30.7. The molecule has 2 aliphatic rings. The first-order valence-corrected chi connectivity index (χ1v) is 9.43. The van der Waals surface area contributed by atoms with E-state index in [1.165, 1.54) is 10.6 Å². The Bertz CT molecular complexity index is 1040. The van der Waals surface area contributed by atoms with Gasteiger partial charge in [-0.25, -0.2) is 4.79 Å². The minimum Gasteiger partial charge on any atom is -0.358 e. The lowest BCUT2D eigenvalue weighted by atomic mass is 9.79. The maximum Gasteiger partial charge on any atom is 0.325 e. The maximum absolute atomic E-state index is 13.2. The molecule has 2 aromatic carbocycles. The molecule has 5 nitrogen and oxygen atoms in total. The van der Waals surface area contributed by atoms with E-state index in [0.29, 0.717) is 25.8 Å². The Morgan fingerprint density at radius 2 is 1.78 bits per heavy atom. The third kappa shape index (κ3) is 2.53. The maximum atomic E-state index is 13.2. The van der Waals surface area contributed by atoms with Crippen molar-refractivity contribution < 1.29 is 9.59 Å². The second-order valence-electron chi connectivity index (χ2n) is 7.51. The van der Waals surface area contributed by atoms with Crippen molar-refractivity contribution in [1.82, 2.24) is 15.2 Å².